The van der Waals surface area contributed by atoms with E-state index in [2.05, 4.69) is 0 Å². The van der Waals surface area contributed by atoms with Crippen molar-refractivity contribution >= 4 is 28.3 Å². The number of hydrogen-bond acceptors (Lipinski definition) is 1. The molecule has 0 aliphatic carbocycles. The Balaban J connectivity index is 2.93. The first-order valence-electron chi connectivity index (χ1n) is 4.35. The summed E-state index contributed by atoms with van der Waals surface area (Å²) < 4.78 is 1.91. The summed E-state index contributed by atoms with van der Waals surface area (Å²) in [4.78, 5) is 11.4. The van der Waals surface area contributed by atoms with Gasteiger partial charge in [0.25, 0.3) is 0 Å². The van der Waals surface area contributed by atoms with E-state index in [9.17, 15) is 4.79 Å². The highest BCUT2D eigenvalue weighted by Crippen LogP contribution is 2.28. The van der Waals surface area contributed by atoms with Crippen LogP contribution in [0.4, 0.5) is 0 Å². The number of fused-ring (bicyclic) bond motifs is 1. The molecule has 72 valence electrons. The molecule has 0 fully saturated rings. The number of rotatable bonds is 1. The summed E-state index contributed by atoms with van der Waals surface area (Å²) in [6, 6.07) is 5.64. The van der Waals surface area contributed by atoms with Crippen LogP contribution in [0, 0.1) is 0 Å². The van der Waals surface area contributed by atoms with Crippen LogP contribution in [0.5, 0.6) is 0 Å². The number of carbonyl (C=O) groups is 1. The number of aromatic nitrogens is 1. The number of aryl methyl sites for hydroxylation is 1. The van der Waals surface area contributed by atoms with Crippen molar-refractivity contribution in [1.82, 2.24) is 4.57 Å². The minimum absolute atomic E-state index is 0.0451. The Hall–Kier alpha value is -1.28. The fourth-order valence-electron chi connectivity index (χ4n) is 1.67. The molecule has 3 heteroatoms. The Bertz CT molecular complexity index is 513. The first-order chi connectivity index (χ1) is 6.61. The molecule has 2 nitrogen and oxygen atoms in total. The summed E-state index contributed by atoms with van der Waals surface area (Å²) in [5.74, 6) is 0.0451. The van der Waals surface area contributed by atoms with Crippen molar-refractivity contribution < 1.29 is 4.79 Å². The number of carbonyl (C=O) groups excluding carboxylic acids is 1. The van der Waals surface area contributed by atoms with Gasteiger partial charge < -0.3 is 4.57 Å². The van der Waals surface area contributed by atoms with E-state index in [0.29, 0.717) is 10.6 Å². The minimum atomic E-state index is 0.0451. The zero-order valence-electron chi connectivity index (χ0n) is 8.04. The maximum absolute atomic E-state index is 11.4. The van der Waals surface area contributed by atoms with Gasteiger partial charge in [0.15, 0.2) is 5.78 Å². The molecule has 0 N–H and O–H groups in total. The van der Waals surface area contributed by atoms with Crippen LogP contribution in [0.15, 0.2) is 24.4 Å². The van der Waals surface area contributed by atoms with Gasteiger partial charge in [-0.3, -0.25) is 4.79 Å². The number of ketones is 1. The zero-order valence-corrected chi connectivity index (χ0v) is 8.80. The molecule has 2 rings (SSSR count). The number of Topliss-reactive ketones (excluding diaryl/α,β-unsaturated/α-hetero) is 1. The summed E-state index contributed by atoms with van der Waals surface area (Å²) in [7, 11) is 1.91. The molecular weight excluding hydrogens is 198 g/mol. The molecule has 0 radical (unpaired) electrons. The van der Waals surface area contributed by atoms with Gasteiger partial charge in [0.05, 0.1) is 5.02 Å². The lowest BCUT2D eigenvalue weighted by atomic mass is 10.1. The SMILES string of the molecule is CC(=O)c1cn(C)c2cccc(Cl)c12. The Kier molecular flexibility index (Phi) is 2.08. The third kappa shape index (κ3) is 1.23. The van der Waals surface area contributed by atoms with Crippen LogP contribution in [-0.2, 0) is 7.05 Å². The molecule has 0 saturated carbocycles. The predicted octanol–water partition coefficient (Wildman–Crippen LogP) is 3.03. The van der Waals surface area contributed by atoms with E-state index < -0.39 is 0 Å². The summed E-state index contributed by atoms with van der Waals surface area (Å²) in [5.41, 5.74) is 1.68. The molecule has 1 heterocycles. The molecule has 1 aromatic heterocycles. The maximum Gasteiger partial charge on any atom is 0.162 e. The summed E-state index contributed by atoms with van der Waals surface area (Å²) in [5, 5.41) is 1.48. The molecular formula is C11H10ClNO. The van der Waals surface area contributed by atoms with Gasteiger partial charge in [-0.2, -0.15) is 0 Å². The number of halogens is 1. The number of benzene rings is 1. The molecule has 0 bridgehead atoms. The summed E-state index contributed by atoms with van der Waals surface area (Å²) in [6.45, 7) is 1.55. The third-order valence-electron chi connectivity index (χ3n) is 2.34. The molecule has 0 spiro atoms. The molecule has 14 heavy (non-hydrogen) atoms. The Morgan fingerprint density at radius 3 is 2.79 bits per heavy atom. The van der Waals surface area contributed by atoms with Crippen LogP contribution in [0.1, 0.15) is 17.3 Å². The van der Waals surface area contributed by atoms with Gasteiger partial charge in [-0.1, -0.05) is 17.7 Å². The first-order valence-corrected chi connectivity index (χ1v) is 4.73. The quantitative estimate of drug-likeness (QED) is 0.659. The van der Waals surface area contributed by atoms with Gasteiger partial charge in [-0.05, 0) is 19.1 Å². The Labute approximate surface area is 87.1 Å². The number of hydrogen-bond donors (Lipinski definition) is 0. The van der Waals surface area contributed by atoms with Crippen LogP contribution in [0.3, 0.4) is 0 Å². The van der Waals surface area contributed by atoms with Gasteiger partial charge in [-0.25, -0.2) is 0 Å². The lowest BCUT2D eigenvalue weighted by Crippen LogP contribution is -1.89. The zero-order chi connectivity index (χ0) is 10.3. The molecule has 2 aromatic rings. The maximum atomic E-state index is 11.4. The lowest BCUT2D eigenvalue weighted by molar-refractivity contribution is 0.101. The molecule has 1 aromatic carbocycles. The van der Waals surface area contributed by atoms with Crippen LogP contribution in [0.25, 0.3) is 10.9 Å². The van der Waals surface area contributed by atoms with Crippen LogP contribution < -0.4 is 0 Å². The van der Waals surface area contributed by atoms with Gasteiger partial charge >= 0.3 is 0 Å². The second-order valence-corrected chi connectivity index (χ2v) is 3.75. The largest absolute Gasteiger partial charge is 0.350 e. The summed E-state index contributed by atoms with van der Waals surface area (Å²) in [6.07, 6.45) is 1.82. The fraction of sp³-hybridized carbons (Fsp3) is 0.182. The van der Waals surface area contributed by atoms with Crippen molar-refractivity contribution in [2.45, 2.75) is 6.92 Å². The minimum Gasteiger partial charge on any atom is -0.350 e. The first kappa shape index (κ1) is 9.28. The van der Waals surface area contributed by atoms with Crippen molar-refractivity contribution in [2.75, 3.05) is 0 Å². The molecule has 0 unspecified atom stereocenters. The second kappa shape index (κ2) is 3.14. The van der Waals surface area contributed by atoms with E-state index in [1.165, 1.54) is 0 Å². The molecule has 0 saturated heterocycles. The lowest BCUT2D eigenvalue weighted by Gasteiger charge is -1.97. The van der Waals surface area contributed by atoms with Crippen molar-refractivity contribution in [3.05, 3.63) is 35.0 Å². The standard InChI is InChI=1S/C11H10ClNO/c1-7(14)8-6-13(2)10-5-3-4-9(12)11(8)10/h3-6H,1-2H3. The van der Waals surface area contributed by atoms with E-state index in [-0.39, 0.29) is 5.78 Å². The second-order valence-electron chi connectivity index (χ2n) is 3.34. The number of nitrogens with zero attached hydrogens (tertiary/aromatic N) is 1. The highest BCUT2D eigenvalue weighted by Gasteiger charge is 2.12. The van der Waals surface area contributed by atoms with Gasteiger partial charge in [0, 0.05) is 29.7 Å². The average molecular weight is 208 g/mol. The fourth-order valence-corrected chi connectivity index (χ4v) is 1.94. The van der Waals surface area contributed by atoms with Crippen LogP contribution in [-0.4, -0.2) is 10.4 Å². The highest BCUT2D eigenvalue weighted by atomic mass is 35.5. The van der Waals surface area contributed by atoms with E-state index in [4.69, 9.17) is 11.6 Å². The summed E-state index contributed by atoms with van der Waals surface area (Å²) >= 11 is 6.05. The highest BCUT2D eigenvalue weighted by molar-refractivity contribution is 6.36. The predicted molar refractivity (Wildman–Crippen MR) is 57.9 cm³/mol. The third-order valence-corrected chi connectivity index (χ3v) is 2.66. The monoisotopic (exact) mass is 207 g/mol. The van der Waals surface area contributed by atoms with Crippen LogP contribution >= 0.6 is 11.6 Å². The topological polar surface area (TPSA) is 22.0 Å². The van der Waals surface area contributed by atoms with Gasteiger partial charge in [0.2, 0.25) is 0 Å². The molecule has 0 amide bonds. The smallest absolute Gasteiger partial charge is 0.162 e. The average Bonchev–Trinajstić information content (AvgIpc) is 2.46. The van der Waals surface area contributed by atoms with E-state index in [0.717, 1.165) is 10.9 Å². The van der Waals surface area contributed by atoms with E-state index in [1.54, 1.807) is 13.0 Å². The van der Waals surface area contributed by atoms with Crippen LogP contribution in [0.2, 0.25) is 5.02 Å². The van der Waals surface area contributed by atoms with Gasteiger partial charge in [0.1, 0.15) is 0 Å². The Morgan fingerprint density at radius 2 is 2.14 bits per heavy atom. The normalized spacial score (nSPS) is 10.8. The van der Waals surface area contributed by atoms with E-state index >= 15 is 0 Å². The van der Waals surface area contributed by atoms with Crippen molar-refractivity contribution in [3.8, 4) is 0 Å². The molecule has 0 atom stereocenters. The van der Waals surface area contributed by atoms with Crippen molar-refractivity contribution in [2.24, 2.45) is 7.05 Å². The van der Waals surface area contributed by atoms with Gasteiger partial charge in [-0.15, -0.1) is 0 Å². The Morgan fingerprint density at radius 1 is 1.43 bits per heavy atom. The van der Waals surface area contributed by atoms with Crippen molar-refractivity contribution in [3.63, 3.8) is 0 Å². The molecule has 0 aliphatic rings. The van der Waals surface area contributed by atoms with E-state index in [1.807, 2.05) is 29.9 Å². The van der Waals surface area contributed by atoms with Crippen molar-refractivity contribution in [1.29, 1.82) is 0 Å². The molecule has 0 aliphatic heterocycles.